The number of hydrogen-bond donors (Lipinski definition) is 0. The van der Waals surface area contributed by atoms with Crippen molar-refractivity contribution in [1.29, 1.82) is 0 Å². The summed E-state index contributed by atoms with van der Waals surface area (Å²) in [6.07, 6.45) is 3.52. The molecular formula is C12H25NO2. The standard InChI is InChI=1S/C12H25NO2/c1-4-9-12(14)15-11-8-7-10-13(5-2)6-3/h4-11H2,1-3H3. The van der Waals surface area contributed by atoms with Crippen molar-refractivity contribution in [2.75, 3.05) is 26.2 Å². The van der Waals surface area contributed by atoms with Crippen LogP contribution in [-0.2, 0) is 9.53 Å². The fraction of sp³-hybridized carbons (Fsp3) is 0.917. The highest BCUT2D eigenvalue weighted by atomic mass is 16.5. The van der Waals surface area contributed by atoms with Crippen LogP contribution in [0, 0.1) is 0 Å². The SMILES string of the molecule is CCCC(=O)OCCCCN(CC)CC. The lowest BCUT2D eigenvalue weighted by atomic mass is 10.3. The number of ether oxygens (including phenoxy) is 1. The summed E-state index contributed by atoms with van der Waals surface area (Å²) in [5.41, 5.74) is 0. The minimum Gasteiger partial charge on any atom is -0.466 e. The Morgan fingerprint density at radius 3 is 2.33 bits per heavy atom. The molecule has 0 unspecified atom stereocenters. The second kappa shape index (κ2) is 9.97. The molecule has 0 saturated carbocycles. The number of rotatable bonds is 9. The molecule has 3 heteroatoms. The van der Waals surface area contributed by atoms with Crippen LogP contribution in [0.25, 0.3) is 0 Å². The lowest BCUT2D eigenvalue weighted by Gasteiger charge is -2.17. The molecule has 15 heavy (non-hydrogen) atoms. The van der Waals surface area contributed by atoms with Crippen LogP contribution in [0.15, 0.2) is 0 Å². The average Bonchev–Trinajstić information content (AvgIpc) is 2.24. The third-order valence-corrected chi connectivity index (χ3v) is 2.48. The first-order chi connectivity index (χ1) is 7.24. The van der Waals surface area contributed by atoms with Crippen molar-refractivity contribution in [3.05, 3.63) is 0 Å². The van der Waals surface area contributed by atoms with Crippen LogP contribution in [0.4, 0.5) is 0 Å². The van der Waals surface area contributed by atoms with Gasteiger partial charge in [-0.15, -0.1) is 0 Å². The predicted molar refractivity (Wildman–Crippen MR) is 62.9 cm³/mol. The van der Waals surface area contributed by atoms with E-state index in [1.807, 2.05) is 6.92 Å². The minimum absolute atomic E-state index is 0.0552. The molecule has 0 fully saturated rings. The van der Waals surface area contributed by atoms with Gasteiger partial charge in [0.25, 0.3) is 0 Å². The number of nitrogens with zero attached hydrogens (tertiary/aromatic N) is 1. The zero-order valence-corrected chi connectivity index (χ0v) is 10.4. The van der Waals surface area contributed by atoms with Gasteiger partial charge in [-0.05, 0) is 38.9 Å². The van der Waals surface area contributed by atoms with Crippen LogP contribution in [0.5, 0.6) is 0 Å². The molecule has 0 aliphatic heterocycles. The summed E-state index contributed by atoms with van der Waals surface area (Å²) in [6.45, 7) is 10.2. The van der Waals surface area contributed by atoms with Crippen molar-refractivity contribution >= 4 is 5.97 Å². The zero-order chi connectivity index (χ0) is 11.5. The molecule has 0 rings (SSSR count). The number of hydrogen-bond acceptors (Lipinski definition) is 3. The van der Waals surface area contributed by atoms with E-state index in [-0.39, 0.29) is 5.97 Å². The summed E-state index contributed by atoms with van der Waals surface area (Å²) in [5.74, 6) is -0.0552. The van der Waals surface area contributed by atoms with Gasteiger partial charge in [-0.2, -0.15) is 0 Å². The molecule has 0 bridgehead atoms. The van der Waals surface area contributed by atoms with Gasteiger partial charge >= 0.3 is 5.97 Å². The van der Waals surface area contributed by atoms with Gasteiger partial charge in [0.15, 0.2) is 0 Å². The number of unbranched alkanes of at least 4 members (excludes halogenated alkanes) is 1. The van der Waals surface area contributed by atoms with E-state index < -0.39 is 0 Å². The van der Waals surface area contributed by atoms with Crippen molar-refractivity contribution in [2.45, 2.75) is 46.5 Å². The van der Waals surface area contributed by atoms with Gasteiger partial charge < -0.3 is 9.64 Å². The third-order valence-electron chi connectivity index (χ3n) is 2.48. The fourth-order valence-corrected chi connectivity index (χ4v) is 1.44. The van der Waals surface area contributed by atoms with Crippen LogP contribution < -0.4 is 0 Å². The highest BCUT2D eigenvalue weighted by Crippen LogP contribution is 1.97. The zero-order valence-electron chi connectivity index (χ0n) is 10.4. The van der Waals surface area contributed by atoms with E-state index in [0.29, 0.717) is 13.0 Å². The van der Waals surface area contributed by atoms with E-state index in [1.54, 1.807) is 0 Å². The van der Waals surface area contributed by atoms with Gasteiger partial charge in [0.2, 0.25) is 0 Å². The molecule has 0 aromatic rings. The third kappa shape index (κ3) is 8.43. The summed E-state index contributed by atoms with van der Waals surface area (Å²) in [4.78, 5) is 13.4. The summed E-state index contributed by atoms with van der Waals surface area (Å²) in [7, 11) is 0. The molecule has 3 nitrogen and oxygen atoms in total. The molecular weight excluding hydrogens is 190 g/mol. The maximum atomic E-state index is 11.0. The topological polar surface area (TPSA) is 29.5 Å². The van der Waals surface area contributed by atoms with E-state index in [4.69, 9.17) is 4.74 Å². The van der Waals surface area contributed by atoms with Crippen LogP contribution in [-0.4, -0.2) is 37.1 Å². The molecule has 0 aromatic heterocycles. The van der Waals surface area contributed by atoms with Crippen LogP contribution >= 0.6 is 0 Å². The second-order valence-electron chi connectivity index (χ2n) is 3.70. The highest BCUT2D eigenvalue weighted by molar-refractivity contribution is 5.69. The van der Waals surface area contributed by atoms with Gasteiger partial charge in [-0.3, -0.25) is 4.79 Å². The summed E-state index contributed by atoms with van der Waals surface area (Å²) in [6, 6.07) is 0. The maximum absolute atomic E-state index is 11.0. The first-order valence-electron chi connectivity index (χ1n) is 6.12. The highest BCUT2D eigenvalue weighted by Gasteiger charge is 2.01. The molecule has 0 saturated heterocycles. The van der Waals surface area contributed by atoms with E-state index >= 15 is 0 Å². The van der Waals surface area contributed by atoms with Crippen molar-refractivity contribution < 1.29 is 9.53 Å². The van der Waals surface area contributed by atoms with Gasteiger partial charge in [0, 0.05) is 6.42 Å². The van der Waals surface area contributed by atoms with Gasteiger partial charge in [-0.25, -0.2) is 0 Å². The Morgan fingerprint density at radius 1 is 1.13 bits per heavy atom. The summed E-state index contributed by atoms with van der Waals surface area (Å²) >= 11 is 0. The Labute approximate surface area is 93.8 Å². The molecule has 0 heterocycles. The molecule has 0 radical (unpaired) electrons. The number of carbonyl (C=O) groups is 1. The predicted octanol–water partition coefficient (Wildman–Crippen LogP) is 2.45. The Hall–Kier alpha value is -0.570. The molecule has 0 amide bonds. The van der Waals surface area contributed by atoms with Crippen molar-refractivity contribution in [1.82, 2.24) is 4.90 Å². The van der Waals surface area contributed by atoms with E-state index in [2.05, 4.69) is 18.7 Å². The first kappa shape index (κ1) is 14.4. The molecule has 0 spiro atoms. The fourth-order valence-electron chi connectivity index (χ4n) is 1.44. The van der Waals surface area contributed by atoms with Gasteiger partial charge in [0.1, 0.15) is 0 Å². The second-order valence-corrected chi connectivity index (χ2v) is 3.70. The van der Waals surface area contributed by atoms with E-state index in [9.17, 15) is 4.79 Å². The lowest BCUT2D eigenvalue weighted by molar-refractivity contribution is -0.143. The maximum Gasteiger partial charge on any atom is 0.305 e. The van der Waals surface area contributed by atoms with Crippen LogP contribution in [0.3, 0.4) is 0 Å². The summed E-state index contributed by atoms with van der Waals surface area (Å²) < 4.78 is 5.07. The minimum atomic E-state index is -0.0552. The quantitative estimate of drug-likeness (QED) is 0.437. The Kier molecular flexibility index (Phi) is 9.59. The molecule has 0 aromatic carbocycles. The van der Waals surface area contributed by atoms with Crippen molar-refractivity contribution in [3.8, 4) is 0 Å². The largest absolute Gasteiger partial charge is 0.466 e. The molecule has 0 atom stereocenters. The molecule has 0 aliphatic carbocycles. The van der Waals surface area contributed by atoms with Gasteiger partial charge in [0.05, 0.1) is 6.61 Å². The van der Waals surface area contributed by atoms with Crippen LogP contribution in [0.2, 0.25) is 0 Å². The smallest absolute Gasteiger partial charge is 0.305 e. The van der Waals surface area contributed by atoms with Crippen LogP contribution in [0.1, 0.15) is 46.5 Å². The number of carbonyl (C=O) groups excluding carboxylic acids is 1. The molecule has 90 valence electrons. The lowest BCUT2D eigenvalue weighted by Crippen LogP contribution is -2.24. The first-order valence-corrected chi connectivity index (χ1v) is 6.12. The van der Waals surface area contributed by atoms with Crippen molar-refractivity contribution in [3.63, 3.8) is 0 Å². The Morgan fingerprint density at radius 2 is 1.80 bits per heavy atom. The normalized spacial score (nSPS) is 10.7. The van der Waals surface area contributed by atoms with Crippen molar-refractivity contribution in [2.24, 2.45) is 0 Å². The van der Waals surface area contributed by atoms with E-state index in [1.165, 1.54) is 0 Å². The number of esters is 1. The average molecular weight is 215 g/mol. The Balaban J connectivity index is 3.27. The molecule has 0 aliphatic rings. The molecule has 0 N–H and O–H groups in total. The van der Waals surface area contributed by atoms with E-state index in [0.717, 1.165) is 38.9 Å². The van der Waals surface area contributed by atoms with Gasteiger partial charge in [-0.1, -0.05) is 20.8 Å². The summed E-state index contributed by atoms with van der Waals surface area (Å²) in [5, 5.41) is 0. The monoisotopic (exact) mass is 215 g/mol. The Bertz CT molecular complexity index is 156.